The molecule has 1 atom stereocenters. The molecule has 0 saturated heterocycles. The van der Waals surface area contributed by atoms with E-state index in [-0.39, 0.29) is 31.6 Å². The lowest BCUT2D eigenvalue weighted by Crippen LogP contribution is -2.30. The van der Waals surface area contributed by atoms with Gasteiger partial charge in [0.25, 0.3) is 0 Å². The number of rotatable bonds is 63. The van der Waals surface area contributed by atoms with Crippen LogP contribution in [0.4, 0.5) is 0 Å². The summed E-state index contributed by atoms with van der Waals surface area (Å²) >= 11 is 0. The Morgan fingerprint density at radius 1 is 0.265 bits per heavy atom. The van der Waals surface area contributed by atoms with Crippen LogP contribution >= 0.6 is 0 Å². The quantitative estimate of drug-likeness (QED) is 0.0261. The van der Waals surface area contributed by atoms with Gasteiger partial charge in [-0.05, 0) is 89.9 Å². The largest absolute Gasteiger partial charge is 0.462 e. The molecule has 1 unspecified atom stereocenters. The van der Waals surface area contributed by atoms with Gasteiger partial charge in [-0.25, -0.2) is 0 Å². The topological polar surface area (TPSA) is 78.9 Å². The number of unbranched alkanes of at least 4 members (excludes halogenated alkanes) is 33. The van der Waals surface area contributed by atoms with E-state index in [2.05, 4.69) is 130 Å². The van der Waals surface area contributed by atoms with E-state index in [9.17, 15) is 14.4 Å². The van der Waals surface area contributed by atoms with Gasteiger partial charge in [0, 0.05) is 12.8 Å². The molecule has 0 radical (unpaired) electrons. The fourth-order valence-corrected chi connectivity index (χ4v) is 9.84. The first-order chi connectivity index (χ1) is 41.0. The van der Waals surface area contributed by atoms with Gasteiger partial charge in [-0.2, -0.15) is 0 Å². The van der Waals surface area contributed by atoms with Crippen LogP contribution in [-0.2, 0) is 28.6 Å². The van der Waals surface area contributed by atoms with Crippen molar-refractivity contribution in [2.45, 2.75) is 335 Å². The first-order valence-electron chi connectivity index (χ1n) is 35.0. The zero-order valence-electron chi connectivity index (χ0n) is 54.4. The van der Waals surface area contributed by atoms with E-state index >= 15 is 0 Å². The second-order valence-corrected chi connectivity index (χ2v) is 23.1. The lowest BCUT2D eigenvalue weighted by Gasteiger charge is -2.18. The Balaban J connectivity index is 4.30. The van der Waals surface area contributed by atoms with Crippen molar-refractivity contribution in [2.75, 3.05) is 13.2 Å². The molecule has 0 fully saturated rings. The van der Waals surface area contributed by atoms with Crippen LogP contribution in [-0.4, -0.2) is 37.2 Å². The van der Waals surface area contributed by atoms with Crippen molar-refractivity contribution in [1.82, 2.24) is 0 Å². The summed E-state index contributed by atoms with van der Waals surface area (Å²) in [6.45, 7) is 6.36. The van der Waals surface area contributed by atoms with Gasteiger partial charge >= 0.3 is 17.9 Å². The van der Waals surface area contributed by atoms with Crippen molar-refractivity contribution in [2.24, 2.45) is 0 Å². The van der Waals surface area contributed by atoms with E-state index in [1.165, 1.54) is 186 Å². The Hall–Kier alpha value is -4.19. The van der Waals surface area contributed by atoms with E-state index in [1.807, 2.05) is 6.08 Å². The molecule has 0 rings (SSSR count). The van der Waals surface area contributed by atoms with Gasteiger partial charge < -0.3 is 14.2 Å². The Morgan fingerprint density at radius 3 is 0.843 bits per heavy atom. The Bertz CT molecular complexity index is 1700. The summed E-state index contributed by atoms with van der Waals surface area (Å²) in [6.07, 6.45) is 98.3. The highest BCUT2D eigenvalue weighted by molar-refractivity contribution is 5.72. The minimum atomic E-state index is -0.819. The lowest BCUT2D eigenvalue weighted by molar-refractivity contribution is -0.166. The molecule has 83 heavy (non-hydrogen) atoms. The first-order valence-corrected chi connectivity index (χ1v) is 35.0. The lowest BCUT2D eigenvalue weighted by atomic mass is 10.0. The van der Waals surface area contributed by atoms with Gasteiger partial charge in [0.15, 0.2) is 6.10 Å². The van der Waals surface area contributed by atoms with E-state index in [0.29, 0.717) is 12.8 Å². The molecule has 6 nitrogen and oxygen atoms in total. The van der Waals surface area contributed by atoms with E-state index in [0.717, 1.165) is 103 Å². The van der Waals surface area contributed by atoms with Crippen LogP contribution in [0.5, 0.6) is 0 Å². The van der Waals surface area contributed by atoms with Crippen LogP contribution in [0.3, 0.4) is 0 Å². The molecule has 6 heteroatoms. The van der Waals surface area contributed by atoms with E-state index < -0.39 is 12.1 Å². The van der Waals surface area contributed by atoms with Gasteiger partial charge in [0.2, 0.25) is 0 Å². The van der Waals surface area contributed by atoms with Crippen LogP contribution < -0.4 is 0 Å². The monoisotopic (exact) mass is 1150 g/mol. The first kappa shape index (κ1) is 78.8. The van der Waals surface area contributed by atoms with Crippen LogP contribution in [0.15, 0.2) is 122 Å². The van der Waals surface area contributed by atoms with Crippen molar-refractivity contribution in [1.29, 1.82) is 0 Å². The molecule has 0 aromatic carbocycles. The summed E-state index contributed by atoms with van der Waals surface area (Å²) in [5.41, 5.74) is 0. The molecular weight excluding hydrogens is 1020 g/mol. The predicted molar refractivity (Wildman–Crippen MR) is 362 cm³/mol. The number of allylic oxidation sites excluding steroid dienone is 19. The highest BCUT2D eigenvalue weighted by atomic mass is 16.6. The van der Waals surface area contributed by atoms with Gasteiger partial charge in [-0.1, -0.05) is 341 Å². The van der Waals surface area contributed by atoms with Crippen LogP contribution in [0.1, 0.15) is 329 Å². The van der Waals surface area contributed by atoms with Gasteiger partial charge in [0.1, 0.15) is 13.2 Å². The summed E-state index contributed by atoms with van der Waals surface area (Å²) < 4.78 is 16.9. The normalized spacial score (nSPS) is 12.9. The molecule has 0 aliphatic carbocycles. The van der Waals surface area contributed by atoms with Crippen molar-refractivity contribution in [3.05, 3.63) is 122 Å². The number of esters is 3. The molecule has 0 aliphatic heterocycles. The van der Waals surface area contributed by atoms with Crippen molar-refractivity contribution >= 4 is 17.9 Å². The number of hydrogen-bond acceptors (Lipinski definition) is 6. The molecule has 0 spiro atoms. The molecular formula is C77H130O6. The molecule has 474 valence electrons. The third kappa shape index (κ3) is 68.5. The van der Waals surface area contributed by atoms with Crippen molar-refractivity contribution in [3.63, 3.8) is 0 Å². The third-order valence-corrected chi connectivity index (χ3v) is 15.0. The molecule has 0 aromatic heterocycles. The van der Waals surface area contributed by atoms with Crippen molar-refractivity contribution < 1.29 is 28.6 Å². The summed E-state index contributed by atoms with van der Waals surface area (Å²) in [5.74, 6) is -1.03. The second-order valence-electron chi connectivity index (χ2n) is 23.1. The van der Waals surface area contributed by atoms with E-state index in [4.69, 9.17) is 14.2 Å². The zero-order chi connectivity index (χ0) is 59.9. The molecule has 0 aromatic rings. The van der Waals surface area contributed by atoms with Crippen LogP contribution in [0.25, 0.3) is 0 Å². The number of carbonyl (C=O) groups excluding carboxylic acids is 3. The summed E-state index contributed by atoms with van der Waals surface area (Å²) in [7, 11) is 0. The van der Waals surface area contributed by atoms with Gasteiger partial charge in [0.05, 0.1) is 6.42 Å². The standard InChI is InChI=1S/C77H130O6/c1-4-7-10-13-16-19-22-25-28-30-32-33-34-35-36-37-38-39-40-41-42-43-45-46-49-52-55-58-61-64-67-70-76(79)82-73-74(72-81-75(78)69-66-63-60-57-54-51-48-27-24-21-18-15-12-9-6-3)83-77(80)71-68-65-62-59-56-53-50-47-44-31-29-26-23-20-17-14-11-8-5-2/h7,9-10,12,16,18-19,21,25,27-28,32-33,35-36,48,54,57,63,66,74H,4-6,8,11,13-15,17,20,22-24,26,29-31,34,37-47,49-53,55-56,58-62,64-65,67-73H2,1-3H3/b10-7-,12-9-,19-16-,21-18-,28-25-,33-32-,36-35-,48-27-,57-54-,66-63-. The van der Waals surface area contributed by atoms with Gasteiger partial charge in [-0.3, -0.25) is 14.4 Å². The predicted octanol–water partition coefficient (Wildman–Crippen LogP) is 24.3. The van der Waals surface area contributed by atoms with Crippen LogP contribution in [0.2, 0.25) is 0 Å². The Labute approximate surface area is 513 Å². The molecule has 0 saturated carbocycles. The molecule has 0 aliphatic rings. The fraction of sp³-hybridized carbons (Fsp3) is 0.701. The molecule has 0 bridgehead atoms. The zero-order valence-corrected chi connectivity index (χ0v) is 54.4. The minimum absolute atomic E-state index is 0.106. The SMILES string of the molecule is CC/C=C\C/C=C\C/C=C\C/C=C\C/C=C\CCCCCCCCCCCCCCCCCC(=O)OCC(COC(=O)C/C=C\C/C=C\C/C=C\C/C=C\C/C=C\CC)OC(=O)CCCCCCCCCCCCCCCCCCCCC. The van der Waals surface area contributed by atoms with Crippen LogP contribution in [0, 0.1) is 0 Å². The molecule has 0 amide bonds. The smallest absolute Gasteiger partial charge is 0.309 e. The van der Waals surface area contributed by atoms with E-state index in [1.54, 1.807) is 6.08 Å². The number of ether oxygens (including phenoxy) is 3. The summed E-state index contributed by atoms with van der Waals surface area (Å²) in [6, 6.07) is 0. The fourth-order valence-electron chi connectivity index (χ4n) is 9.84. The molecule has 0 heterocycles. The number of carbonyl (C=O) groups is 3. The minimum Gasteiger partial charge on any atom is -0.462 e. The van der Waals surface area contributed by atoms with Gasteiger partial charge in [-0.15, -0.1) is 0 Å². The highest BCUT2D eigenvalue weighted by Crippen LogP contribution is 2.17. The van der Waals surface area contributed by atoms with Crippen molar-refractivity contribution in [3.8, 4) is 0 Å². The maximum atomic E-state index is 12.9. The Morgan fingerprint density at radius 2 is 0.518 bits per heavy atom. The highest BCUT2D eigenvalue weighted by Gasteiger charge is 2.19. The Kier molecular flexibility index (Phi) is 66.7. The summed E-state index contributed by atoms with van der Waals surface area (Å²) in [5, 5.41) is 0. The molecule has 0 N–H and O–H groups in total. The summed E-state index contributed by atoms with van der Waals surface area (Å²) in [4.78, 5) is 38.4. The average molecular weight is 1150 g/mol. The second kappa shape index (κ2) is 70.3. The number of hydrogen-bond donors (Lipinski definition) is 0. The third-order valence-electron chi connectivity index (χ3n) is 15.0. The maximum absolute atomic E-state index is 12.9. The average Bonchev–Trinajstić information content (AvgIpc) is 3.49. The maximum Gasteiger partial charge on any atom is 0.309 e.